The van der Waals surface area contributed by atoms with Gasteiger partial charge in [-0.25, -0.2) is 4.79 Å². The maximum atomic E-state index is 11.2. The van der Waals surface area contributed by atoms with E-state index >= 15 is 0 Å². The van der Waals surface area contributed by atoms with Crippen molar-refractivity contribution in [3.63, 3.8) is 0 Å². The number of hydrogen-bond acceptors (Lipinski definition) is 4. The molecule has 0 saturated heterocycles. The van der Waals surface area contributed by atoms with Crippen LogP contribution in [0.1, 0.15) is 13.8 Å². The lowest BCUT2D eigenvalue weighted by Crippen LogP contribution is -2.20. The highest BCUT2D eigenvalue weighted by molar-refractivity contribution is 6.09. The maximum absolute atomic E-state index is 11.2. The predicted molar refractivity (Wildman–Crippen MR) is 45.8 cm³/mol. The molecule has 0 aliphatic carbocycles. The predicted octanol–water partition coefficient (Wildman–Crippen LogP) is 0.453. The smallest absolute Gasteiger partial charge is 0.341 e. The van der Waals surface area contributed by atoms with Crippen LogP contribution in [0.25, 0.3) is 0 Å². The van der Waals surface area contributed by atoms with Crippen LogP contribution in [0.3, 0.4) is 0 Å². The fourth-order valence-corrected chi connectivity index (χ4v) is 0.783. The monoisotopic (exact) mass is 168 g/mol. The molecule has 0 unspecified atom stereocenters. The number of carbonyl (C=O) groups is 1. The summed E-state index contributed by atoms with van der Waals surface area (Å²) in [6.07, 6.45) is 3.03. The molecular weight excluding hydrogens is 156 g/mol. The number of aliphatic imine (C=N–C) groups is 1. The van der Waals surface area contributed by atoms with Crippen LogP contribution in [0, 0.1) is 0 Å². The second-order valence-electron chi connectivity index (χ2n) is 2.73. The van der Waals surface area contributed by atoms with Crippen molar-refractivity contribution in [2.75, 3.05) is 6.67 Å². The molecule has 0 atom stereocenters. The normalized spacial score (nSPS) is 15.4. The van der Waals surface area contributed by atoms with Crippen molar-refractivity contribution >= 4 is 12.2 Å². The number of nitrogens with zero attached hydrogens (tertiary/aromatic N) is 1. The van der Waals surface area contributed by atoms with Crippen molar-refractivity contribution in [1.82, 2.24) is 5.32 Å². The Bertz CT molecular complexity index is 231. The Hall–Kier alpha value is -1.32. The Morgan fingerprint density at radius 1 is 1.75 bits per heavy atom. The fourth-order valence-electron chi connectivity index (χ4n) is 0.783. The molecule has 0 fully saturated rings. The van der Waals surface area contributed by atoms with Gasteiger partial charge in [-0.1, -0.05) is 0 Å². The van der Waals surface area contributed by atoms with E-state index in [1.165, 1.54) is 6.21 Å². The highest BCUT2D eigenvalue weighted by Crippen LogP contribution is 1.99. The Morgan fingerprint density at radius 2 is 2.50 bits per heavy atom. The number of ether oxygens (including phenoxy) is 1. The van der Waals surface area contributed by atoms with Crippen LogP contribution in [0.4, 0.5) is 0 Å². The first-order valence-electron chi connectivity index (χ1n) is 3.84. The summed E-state index contributed by atoms with van der Waals surface area (Å²) in [4.78, 5) is 15.1. The molecule has 4 nitrogen and oxygen atoms in total. The zero-order valence-corrected chi connectivity index (χ0v) is 7.20. The van der Waals surface area contributed by atoms with Crippen LogP contribution >= 0.6 is 0 Å². The van der Waals surface area contributed by atoms with Crippen molar-refractivity contribution in [1.29, 1.82) is 0 Å². The number of hydrogen-bond donors (Lipinski definition) is 1. The zero-order chi connectivity index (χ0) is 8.97. The first kappa shape index (κ1) is 8.77. The van der Waals surface area contributed by atoms with Crippen molar-refractivity contribution in [3.05, 3.63) is 11.8 Å². The van der Waals surface area contributed by atoms with Crippen molar-refractivity contribution in [2.24, 2.45) is 4.99 Å². The number of rotatable bonds is 2. The van der Waals surface area contributed by atoms with E-state index in [2.05, 4.69) is 10.3 Å². The molecule has 66 valence electrons. The van der Waals surface area contributed by atoms with Crippen molar-refractivity contribution in [3.8, 4) is 0 Å². The molecule has 1 rings (SSSR count). The van der Waals surface area contributed by atoms with Crippen LogP contribution in [0.2, 0.25) is 0 Å². The molecule has 0 amide bonds. The molecule has 0 aromatic carbocycles. The van der Waals surface area contributed by atoms with Crippen LogP contribution in [-0.2, 0) is 9.53 Å². The van der Waals surface area contributed by atoms with E-state index in [1.807, 2.05) is 13.8 Å². The van der Waals surface area contributed by atoms with Gasteiger partial charge in [0.05, 0.1) is 11.7 Å². The van der Waals surface area contributed by atoms with E-state index in [4.69, 9.17) is 4.74 Å². The van der Waals surface area contributed by atoms with Gasteiger partial charge in [-0.05, 0) is 13.8 Å². The topological polar surface area (TPSA) is 50.7 Å². The average molecular weight is 168 g/mol. The second kappa shape index (κ2) is 3.90. The first-order chi connectivity index (χ1) is 5.70. The van der Waals surface area contributed by atoms with Crippen molar-refractivity contribution in [2.45, 2.75) is 20.0 Å². The van der Waals surface area contributed by atoms with E-state index in [0.717, 1.165) is 0 Å². The van der Waals surface area contributed by atoms with Crippen LogP contribution in [0.15, 0.2) is 16.8 Å². The van der Waals surface area contributed by atoms with Gasteiger partial charge in [0, 0.05) is 12.4 Å². The van der Waals surface area contributed by atoms with Gasteiger partial charge >= 0.3 is 5.97 Å². The molecule has 0 radical (unpaired) electrons. The third-order valence-electron chi connectivity index (χ3n) is 1.25. The van der Waals surface area contributed by atoms with Gasteiger partial charge in [0.25, 0.3) is 0 Å². The van der Waals surface area contributed by atoms with Crippen LogP contribution < -0.4 is 5.32 Å². The molecule has 0 saturated carbocycles. The number of nitrogens with one attached hydrogen (secondary N) is 1. The SMILES string of the molecule is CC(C)OC(=O)C1=CNCN=C1. The fraction of sp³-hybridized carbons (Fsp3) is 0.500. The minimum atomic E-state index is -0.332. The molecule has 1 N–H and O–H groups in total. The molecular formula is C8H12N2O2. The van der Waals surface area contributed by atoms with Crippen LogP contribution in [-0.4, -0.2) is 25.0 Å². The summed E-state index contributed by atoms with van der Waals surface area (Å²) in [6.45, 7) is 4.15. The summed E-state index contributed by atoms with van der Waals surface area (Å²) in [5.41, 5.74) is 0.468. The zero-order valence-electron chi connectivity index (χ0n) is 7.20. The van der Waals surface area contributed by atoms with E-state index in [0.29, 0.717) is 12.2 Å². The molecule has 0 spiro atoms. The summed E-state index contributed by atoms with van der Waals surface area (Å²) in [6, 6.07) is 0. The summed E-state index contributed by atoms with van der Waals surface area (Å²) in [5, 5.41) is 2.83. The quantitative estimate of drug-likeness (QED) is 0.609. The summed E-state index contributed by atoms with van der Waals surface area (Å²) < 4.78 is 4.95. The molecule has 12 heavy (non-hydrogen) atoms. The van der Waals surface area contributed by atoms with Crippen LogP contribution in [0.5, 0.6) is 0 Å². The Morgan fingerprint density at radius 3 is 3.00 bits per heavy atom. The number of carbonyl (C=O) groups excluding carboxylic acids is 1. The molecule has 1 aliphatic heterocycles. The van der Waals surface area contributed by atoms with Crippen molar-refractivity contribution < 1.29 is 9.53 Å². The third kappa shape index (κ3) is 2.38. The Balaban J connectivity index is 2.52. The molecule has 0 bridgehead atoms. The first-order valence-corrected chi connectivity index (χ1v) is 3.84. The highest BCUT2D eigenvalue weighted by Gasteiger charge is 2.11. The third-order valence-corrected chi connectivity index (χ3v) is 1.25. The van der Waals surface area contributed by atoms with Gasteiger partial charge in [-0.3, -0.25) is 4.99 Å². The maximum Gasteiger partial charge on any atom is 0.341 e. The van der Waals surface area contributed by atoms with Gasteiger partial charge in [0.2, 0.25) is 0 Å². The second-order valence-corrected chi connectivity index (χ2v) is 2.73. The largest absolute Gasteiger partial charge is 0.459 e. The molecule has 1 aliphatic rings. The molecule has 4 heteroatoms. The van der Waals surface area contributed by atoms with Gasteiger partial charge in [-0.15, -0.1) is 0 Å². The lowest BCUT2D eigenvalue weighted by atomic mass is 10.3. The van der Waals surface area contributed by atoms with Gasteiger partial charge < -0.3 is 10.1 Å². The summed E-state index contributed by atoms with van der Waals surface area (Å²) in [5.74, 6) is -0.332. The lowest BCUT2D eigenvalue weighted by Gasteiger charge is -2.10. The molecule has 0 aromatic rings. The Labute approximate surface area is 71.3 Å². The summed E-state index contributed by atoms with van der Waals surface area (Å²) in [7, 11) is 0. The van der Waals surface area contributed by atoms with Gasteiger partial charge in [0.15, 0.2) is 0 Å². The highest BCUT2D eigenvalue weighted by atomic mass is 16.5. The molecule has 0 aromatic heterocycles. The van der Waals surface area contributed by atoms with Gasteiger partial charge in [0.1, 0.15) is 6.67 Å². The summed E-state index contributed by atoms with van der Waals surface area (Å²) >= 11 is 0. The standard InChI is InChI=1S/C8H12N2O2/c1-6(2)12-8(11)7-3-9-5-10-4-7/h3-4,6,9H,5H2,1-2H3. The van der Waals surface area contributed by atoms with E-state index < -0.39 is 0 Å². The average Bonchev–Trinajstić information content (AvgIpc) is 2.05. The van der Waals surface area contributed by atoms with E-state index in [1.54, 1.807) is 6.20 Å². The Kier molecular flexibility index (Phi) is 2.85. The molecule has 1 heterocycles. The minimum absolute atomic E-state index is 0.0891. The number of esters is 1. The van der Waals surface area contributed by atoms with E-state index in [-0.39, 0.29) is 12.1 Å². The minimum Gasteiger partial charge on any atom is -0.459 e. The lowest BCUT2D eigenvalue weighted by molar-refractivity contribution is -0.141. The van der Waals surface area contributed by atoms with Gasteiger partial charge in [-0.2, -0.15) is 0 Å². The van der Waals surface area contributed by atoms with E-state index in [9.17, 15) is 4.79 Å².